The van der Waals surface area contributed by atoms with Gasteiger partial charge < -0.3 is 10.2 Å². The highest BCUT2D eigenvalue weighted by Crippen LogP contribution is 2.33. The lowest BCUT2D eigenvalue weighted by atomic mass is 9.89. The Morgan fingerprint density at radius 3 is 2.62 bits per heavy atom. The Hall–Kier alpha value is -1.64. The topological polar surface area (TPSA) is 40.5 Å². The van der Waals surface area contributed by atoms with Crippen LogP contribution in [0.2, 0.25) is 0 Å². The largest absolute Gasteiger partial charge is 0.386 e. The van der Waals surface area contributed by atoms with E-state index >= 15 is 0 Å². The molecular weight excluding hydrogens is 200 g/mol. The molecule has 2 atom stereocenters. The van der Waals surface area contributed by atoms with Crippen LogP contribution in [0.15, 0.2) is 42.5 Å². The van der Waals surface area contributed by atoms with Crippen LogP contribution in [0.25, 0.3) is 16.8 Å². The number of hydrogen-bond acceptors (Lipinski definition) is 2. The minimum Gasteiger partial charge on any atom is -0.386 e. The number of aliphatic hydroxyl groups is 2. The summed E-state index contributed by atoms with van der Waals surface area (Å²) in [7, 11) is 0. The molecular formula is C14H12O2. The molecule has 0 aromatic heterocycles. The smallest absolute Gasteiger partial charge is 0.109 e. The van der Waals surface area contributed by atoms with E-state index in [-0.39, 0.29) is 0 Å². The van der Waals surface area contributed by atoms with E-state index in [2.05, 4.69) is 0 Å². The van der Waals surface area contributed by atoms with Crippen molar-refractivity contribution in [1.29, 1.82) is 0 Å². The maximum Gasteiger partial charge on any atom is 0.109 e. The number of benzene rings is 2. The predicted octanol–water partition coefficient (Wildman–Crippen LogP) is 2.26. The summed E-state index contributed by atoms with van der Waals surface area (Å²) in [5.41, 5.74) is 1.81. The van der Waals surface area contributed by atoms with Crippen molar-refractivity contribution < 1.29 is 10.2 Å². The van der Waals surface area contributed by atoms with Gasteiger partial charge in [0.25, 0.3) is 0 Å². The fourth-order valence-corrected chi connectivity index (χ4v) is 2.24. The molecule has 0 fully saturated rings. The van der Waals surface area contributed by atoms with Crippen LogP contribution in [0.4, 0.5) is 0 Å². The van der Waals surface area contributed by atoms with Gasteiger partial charge in [-0.15, -0.1) is 0 Å². The van der Waals surface area contributed by atoms with Crippen molar-refractivity contribution in [2.75, 3.05) is 0 Å². The summed E-state index contributed by atoms with van der Waals surface area (Å²) >= 11 is 0. The number of rotatable bonds is 0. The van der Waals surface area contributed by atoms with Gasteiger partial charge in [-0.1, -0.05) is 48.6 Å². The third-order valence-electron chi connectivity index (χ3n) is 3.11. The highest BCUT2D eigenvalue weighted by Gasteiger charge is 2.22. The number of hydrogen-bond donors (Lipinski definition) is 2. The zero-order valence-electron chi connectivity index (χ0n) is 8.67. The molecule has 2 aromatic rings. The maximum absolute atomic E-state index is 9.89. The second kappa shape index (κ2) is 3.44. The summed E-state index contributed by atoms with van der Waals surface area (Å²) in [5, 5.41) is 21.7. The minimum absolute atomic E-state index is 0.798. The molecule has 1 aliphatic carbocycles. The van der Waals surface area contributed by atoms with Gasteiger partial charge in [-0.05, 0) is 21.9 Å². The molecule has 2 heteroatoms. The van der Waals surface area contributed by atoms with Gasteiger partial charge in [0.05, 0.1) is 0 Å². The Morgan fingerprint density at radius 2 is 1.75 bits per heavy atom. The van der Waals surface area contributed by atoms with E-state index < -0.39 is 12.2 Å². The molecule has 2 aromatic carbocycles. The average Bonchev–Trinajstić information content (AvgIpc) is 2.33. The van der Waals surface area contributed by atoms with E-state index in [9.17, 15) is 10.2 Å². The van der Waals surface area contributed by atoms with Gasteiger partial charge in [-0.25, -0.2) is 0 Å². The first kappa shape index (κ1) is 9.58. The zero-order chi connectivity index (χ0) is 11.1. The fourth-order valence-electron chi connectivity index (χ4n) is 2.24. The van der Waals surface area contributed by atoms with E-state index in [0.717, 1.165) is 21.9 Å². The first-order valence-corrected chi connectivity index (χ1v) is 5.33. The Morgan fingerprint density at radius 1 is 0.938 bits per heavy atom. The lowest BCUT2D eigenvalue weighted by molar-refractivity contribution is 0.0471. The second-order valence-electron chi connectivity index (χ2n) is 4.08. The van der Waals surface area contributed by atoms with Crippen LogP contribution < -0.4 is 0 Å². The van der Waals surface area contributed by atoms with Crippen molar-refractivity contribution in [2.24, 2.45) is 0 Å². The molecule has 80 valence electrons. The molecule has 0 spiro atoms. The summed E-state index contributed by atoms with van der Waals surface area (Å²) in [5.74, 6) is 0. The van der Waals surface area contributed by atoms with Crippen LogP contribution in [0.1, 0.15) is 17.2 Å². The van der Waals surface area contributed by atoms with Gasteiger partial charge in [0.2, 0.25) is 0 Å². The van der Waals surface area contributed by atoms with Gasteiger partial charge in [-0.2, -0.15) is 0 Å². The Labute approximate surface area is 93.5 Å². The van der Waals surface area contributed by atoms with Crippen LogP contribution in [-0.2, 0) is 0 Å². The molecule has 0 bridgehead atoms. The first-order valence-electron chi connectivity index (χ1n) is 5.33. The molecule has 3 rings (SSSR count). The molecule has 16 heavy (non-hydrogen) atoms. The fraction of sp³-hybridized carbons (Fsp3) is 0.143. The normalized spacial score (nSPS) is 23.4. The van der Waals surface area contributed by atoms with Crippen LogP contribution >= 0.6 is 0 Å². The van der Waals surface area contributed by atoms with Gasteiger partial charge >= 0.3 is 0 Å². The molecule has 0 heterocycles. The standard InChI is InChI=1S/C14H12O2/c15-13-8-7-11-10-4-2-1-3-9(10)5-6-12(11)14(13)16/h1-8,13-16H/t13-,14+/m1/s1. The molecule has 1 aliphatic rings. The predicted molar refractivity (Wildman–Crippen MR) is 63.9 cm³/mol. The van der Waals surface area contributed by atoms with E-state index in [1.807, 2.05) is 42.5 Å². The summed E-state index contributed by atoms with van der Waals surface area (Å²) in [6.45, 7) is 0. The number of fused-ring (bicyclic) bond motifs is 3. The average molecular weight is 212 g/mol. The van der Waals surface area contributed by atoms with Crippen molar-refractivity contribution in [3.05, 3.63) is 53.6 Å². The highest BCUT2D eigenvalue weighted by atomic mass is 16.3. The van der Waals surface area contributed by atoms with Crippen molar-refractivity contribution in [3.8, 4) is 0 Å². The third kappa shape index (κ3) is 1.28. The Kier molecular flexibility index (Phi) is 2.06. The third-order valence-corrected chi connectivity index (χ3v) is 3.11. The van der Waals surface area contributed by atoms with Crippen molar-refractivity contribution in [1.82, 2.24) is 0 Å². The van der Waals surface area contributed by atoms with Crippen LogP contribution in [0.5, 0.6) is 0 Å². The monoisotopic (exact) mass is 212 g/mol. The zero-order valence-corrected chi connectivity index (χ0v) is 8.67. The lowest BCUT2D eigenvalue weighted by Crippen LogP contribution is -2.19. The van der Waals surface area contributed by atoms with Gasteiger partial charge in [0.1, 0.15) is 12.2 Å². The van der Waals surface area contributed by atoms with Crippen LogP contribution in [-0.4, -0.2) is 16.3 Å². The Balaban J connectivity index is 2.34. The molecule has 0 radical (unpaired) electrons. The highest BCUT2D eigenvalue weighted by molar-refractivity contribution is 5.92. The molecule has 0 saturated heterocycles. The minimum atomic E-state index is -0.815. The van der Waals surface area contributed by atoms with Gasteiger partial charge in [0.15, 0.2) is 0 Å². The summed E-state index contributed by atoms with van der Waals surface area (Å²) in [6, 6.07) is 11.9. The van der Waals surface area contributed by atoms with Crippen molar-refractivity contribution in [3.63, 3.8) is 0 Å². The molecule has 2 nitrogen and oxygen atoms in total. The molecule has 0 amide bonds. The molecule has 0 unspecified atom stereocenters. The maximum atomic E-state index is 9.89. The summed E-state index contributed by atoms with van der Waals surface area (Å²) in [6.07, 6.45) is 1.91. The molecule has 0 aliphatic heterocycles. The van der Waals surface area contributed by atoms with Gasteiger partial charge in [-0.3, -0.25) is 0 Å². The number of aliphatic hydroxyl groups excluding tert-OH is 2. The van der Waals surface area contributed by atoms with Crippen LogP contribution in [0.3, 0.4) is 0 Å². The quantitative estimate of drug-likeness (QED) is 0.703. The summed E-state index contributed by atoms with van der Waals surface area (Å²) < 4.78 is 0. The summed E-state index contributed by atoms with van der Waals surface area (Å²) in [4.78, 5) is 0. The van der Waals surface area contributed by atoms with E-state index in [0.29, 0.717) is 0 Å². The first-order chi connectivity index (χ1) is 7.77. The van der Waals surface area contributed by atoms with E-state index in [1.165, 1.54) is 0 Å². The lowest BCUT2D eigenvalue weighted by Gasteiger charge is -2.22. The second-order valence-corrected chi connectivity index (χ2v) is 4.08. The molecule has 2 N–H and O–H groups in total. The molecule has 0 saturated carbocycles. The van der Waals surface area contributed by atoms with Crippen molar-refractivity contribution in [2.45, 2.75) is 12.2 Å². The van der Waals surface area contributed by atoms with E-state index in [4.69, 9.17) is 0 Å². The van der Waals surface area contributed by atoms with E-state index in [1.54, 1.807) is 6.08 Å². The van der Waals surface area contributed by atoms with Crippen molar-refractivity contribution >= 4 is 16.8 Å². The Bertz CT molecular complexity index is 572. The van der Waals surface area contributed by atoms with Gasteiger partial charge in [0, 0.05) is 0 Å². The SMILES string of the molecule is O[C@@H]1C=Cc2c(ccc3ccccc23)[C@@H]1O. The van der Waals surface area contributed by atoms with Crippen LogP contribution in [0, 0.1) is 0 Å².